The summed E-state index contributed by atoms with van der Waals surface area (Å²) < 4.78 is 6.01. The number of ether oxygens (including phenoxy) is 1. The summed E-state index contributed by atoms with van der Waals surface area (Å²) in [5.41, 5.74) is 6.62. The lowest BCUT2D eigenvalue weighted by molar-refractivity contribution is 0.202. The van der Waals surface area contributed by atoms with Gasteiger partial charge < -0.3 is 15.8 Å². The van der Waals surface area contributed by atoms with E-state index in [0.717, 1.165) is 48.6 Å². The Balaban J connectivity index is 0.000000755. The molecule has 2 aliphatic heterocycles. The molecule has 3 N–H and O–H groups in total. The van der Waals surface area contributed by atoms with Gasteiger partial charge in [-0.25, -0.2) is 0 Å². The maximum absolute atomic E-state index is 6.01. The van der Waals surface area contributed by atoms with E-state index < -0.39 is 0 Å². The molecular formula is C28H48BrN4OPS2. The number of alkyl halides is 1. The lowest BCUT2D eigenvalue weighted by Crippen LogP contribution is -2.24. The smallest absolute Gasteiger partial charge is 0.199 e. The number of rotatable bonds is 5. The van der Waals surface area contributed by atoms with Crippen LogP contribution in [0.2, 0.25) is 0 Å². The number of anilines is 1. The number of aliphatic imine (C=N–C) groups is 1. The number of benzene rings is 1. The number of halogens is 1. The molecule has 1 aromatic rings. The Morgan fingerprint density at radius 3 is 2.49 bits per heavy atom. The van der Waals surface area contributed by atoms with E-state index in [1.807, 2.05) is 64.1 Å². The topological polar surface area (TPSA) is 62.9 Å². The summed E-state index contributed by atoms with van der Waals surface area (Å²) in [6, 6.07) is 7.78. The molecule has 5 nitrogen and oxygen atoms in total. The normalized spacial score (nSPS) is 18.0. The average molecular weight is 632 g/mol. The van der Waals surface area contributed by atoms with Crippen LogP contribution < -0.4 is 15.8 Å². The molecule has 0 bridgehead atoms. The largest absolute Gasteiger partial charge is 0.489 e. The van der Waals surface area contributed by atoms with Crippen molar-refractivity contribution in [3.8, 4) is 5.75 Å². The zero-order valence-electron chi connectivity index (χ0n) is 23.3. The molecule has 2 aliphatic rings. The van der Waals surface area contributed by atoms with Crippen molar-refractivity contribution in [3.05, 3.63) is 48.6 Å². The first-order valence-electron chi connectivity index (χ1n) is 13.2. The average Bonchev–Trinajstić information content (AvgIpc) is 3.13. The molecule has 0 radical (unpaired) electrons. The molecule has 2 unspecified atom stereocenters. The number of hydrogen-bond donors (Lipinski definition) is 2. The molecule has 0 saturated carbocycles. The number of allylic oxidation sites excluding steroid dienone is 4. The van der Waals surface area contributed by atoms with E-state index in [-0.39, 0.29) is 6.10 Å². The third kappa shape index (κ3) is 20.7. The fraction of sp³-hybridized carbons (Fsp3) is 0.571. The Hall–Kier alpha value is -0.920. The Kier molecular flexibility index (Phi) is 24.7. The predicted octanol–water partition coefficient (Wildman–Crippen LogP) is 7.92. The summed E-state index contributed by atoms with van der Waals surface area (Å²) >= 11 is 9.79. The second-order valence-electron chi connectivity index (χ2n) is 8.01. The minimum Gasteiger partial charge on any atom is -0.489 e. The van der Waals surface area contributed by atoms with Gasteiger partial charge in [-0.05, 0) is 94.2 Å². The molecule has 9 heteroatoms. The van der Waals surface area contributed by atoms with Crippen molar-refractivity contribution in [2.45, 2.75) is 60.0 Å². The molecule has 3 rings (SSSR count). The van der Waals surface area contributed by atoms with Gasteiger partial charge in [-0.15, -0.1) is 8.58 Å². The number of hydrogen-bond acceptors (Lipinski definition) is 4. The van der Waals surface area contributed by atoms with Crippen molar-refractivity contribution >= 4 is 64.5 Å². The van der Waals surface area contributed by atoms with Crippen molar-refractivity contribution in [3.63, 3.8) is 0 Å². The van der Waals surface area contributed by atoms with Gasteiger partial charge in [-0.1, -0.05) is 72.8 Å². The first kappa shape index (κ1) is 36.1. The number of thiocarbonyl (C=S) groups is 1. The minimum atomic E-state index is 0.283. The monoisotopic (exact) mass is 630 g/mol. The summed E-state index contributed by atoms with van der Waals surface area (Å²) in [6.45, 7) is 13.4. The van der Waals surface area contributed by atoms with Gasteiger partial charge in [0.05, 0.1) is 0 Å². The maximum Gasteiger partial charge on any atom is 0.199 e. The van der Waals surface area contributed by atoms with Crippen LogP contribution in [0.1, 0.15) is 53.9 Å². The van der Waals surface area contributed by atoms with Crippen molar-refractivity contribution < 1.29 is 4.74 Å². The highest BCUT2D eigenvalue weighted by Gasteiger charge is 2.22. The Morgan fingerprint density at radius 1 is 1.24 bits per heavy atom. The van der Waals surface area contributed by atoms with Crippen LogP contribution in [0.5, 0.6) is 5.75 Å². The van der Waals surface area contributed by atoms with Gasteiger partial charge in [-0.2, -0.15) is 4.99 Å². The molecule has 210 valence electrons. The fourth-order valence-electron chi connectivity index (χ4n) is 3.15. The summed E-state index contributed by atoms with van der Waals surface area (Å²) in [5.74, 6) is 1.76. The van der Waals surface area contributed by atoms with E-state index in [2.05, 4.69) is 50.2 Å². The molecule has 2 heterocycles. The van der Waals surface area contributed by atoms with Crippen LogP contribution in [0.3, 0.4) is 0 Å². The van der Waals surface area contributed by atoms with Crippen LogP contribution in [0.4, 0.5) is 5.69 Å². The highest BCUT2D eigenvalue weighted by atomic mass is 79.9. The summed E-state index contributed by atoms with van der Waals surface area (Å²) in [5, 5.41) is 4.96. The van der Waals surface area contributed by atoms with Crippen molar-refractivity contribution in [1.82, 2.24) is 4.90 Å². The second kappa shape index (κ2) is 25.4. The van der Waals surface area contributed by atoms with E-state index in [1.54, 1.807) is 0 Å². The van der Waals surface area contributed by atoms with Gasteiger partial charge in [-0.3, -0.25) is 4.90 Å². The second-order valence-corrected chi connectivity index (χ2v) is 12.2. The molecule has 37 heavy (non-hydrogen) atoms. The third-order valence-electron chi connectivity index (χ3n) is 5.08. The Morgan fingerprint density at radius 2 is 1.92 bits per heavy atom. The predicted molar refractivity (Wildman–Crippen MR) is 180 cm³/mol. The van der Waals surface area contributed by atoms with Crippen molar-refractivity contribution in [2.24, 2.45) is 10.7 Å². The van der Waals surface area contributed by atoms with Crippen LogP contribution in [0, 0.1) is 0 Å². The molecule has 2 atom stereocenters. The summed E-state index contributed by atoms with van der Waals surface area (Å²) in [6.07, 6.45) is 15.5. The first-order valence-corrected chi connectivity index (χ1v) is 17.1. The van der Waals surface area contributed by atoms with E-state index in [1.165, 1.54) is 45.5 Å². The maximum atomic E-state index is 6.01. The van der Waals surface area contributed by atoms with E-state index >= 15 is 0 Å². The standard InChI is InChI=1S/C16H24N4OS2.C6H11P.C4H8.C2H5Br/c1-3-20-10-9-14(11-20)21-13-7-5-12(6-8-13)18-16(22)19-15(17)23-4-2;1-2-4-6-7-5-3-1;1-3-4-2;1-2-3/h5-8,14H,3-4,9-11H2,1-2H3,(H3,17,18,19,22);1,3,7H,2,4-6H2;3-4H,1-2H3;2H2,1H3/b;;4-3-;. The SMILES string of the molecule is C/C=C\C.C1=CCPCCC1.CCBr.CCS/C(N)=N/C(=S)Nc1ccc(OC2CCN(CC)C2)cc1. The number of likely N-dealkylation sites (N-methyl/N-ethyl adjacent to an activating group) is 1. The van der Waals surface area contributed by atoms with Crippen LogP contribution >= 0.6 is 48.5 Å². The van der Waals surface area contributed by atoms with Crippen LogP contribution in [-0.2, 0) is 0 Å². The molecule has 1 fully saturated rings. The molecule has 0 aliphatic carbocycles. The van der Waals surface area contributed by atoms with Crippen LogP contribution in [0.25, 0.3) is 0 Å². The number of amidine groups is 1. The lowest BCUT2D eigenvalue weighted by Gasteiger charge is -2.15. The number of thioether (sulfide) groups is 1. The van der Waals surface area contributed by atoms with Gasteiger partial charge in [0.1, 0.15) is 11.9 Å². The van der Waals surface area contributed by atoms with Gasteiger partial charge in [0.25, 0.3) is 0 Å². The zero-order valence-corrected chi connectivity index (χ0v) is 27.6. The highest BCUT2D eigenvalue weighted by molar-refractivity contribution is 9.09. The van der Waals surface area contributed by atoms with Gasteiger partial charge >= 0.3 is 0 Å². The van der Waals surface area contributed by atoms with Gasteiger partial charge in [0.15, 0.2) is 10.3 Å². The molecule has 0 spiro atoms. The Labute approximate surface area is 246 Å². The van der Waals surface area contributed by atoms with Crippen LogP contribution in [0.15, 0.2) is 53.6 Å². The first-order chi connectivity index (χ1) is 17.9. The lowest BCUT2D eigenvalue weighted by atomic mass is 10.3. The zero-order chi connectivity index (χ0) is 27.7. The summed E-state index contributed by atoms with van der Waals surface area (Å²) in [7, 11) is 1.21. The molecule has 0 amide bonds. The van der Waals surface area contributed by atoms with E-state index in [9.17, 15) is 0 Å². The highest BCUT2D eigenvalue weighted by Crippen LogP contribution is 2.21. The third-order valence-corrected chi connectivity index (χ3v) is 7.18. The molecule has 1 saturated heterocycles. The van der Waals surface area contributed by atoms with Gasteiger partial charge in [0.2, 0.25) is 0 Å². The minimum absolute atomic E-state index is 0.283. The van der Waals surface area contributed by atoms with Crippen molar-refractivity contribution in [1.29, 1.82) is 0 Å². The quantitative estimate of drug-likeness (QED) is 0.0860. The van der Waals surface area contributed by atoms with E-state index in [4.69, 9.17) is 22.7 Å². The molecule has 1 aromatic carbocycles. The number of nitrogens with zero attached hydrogens (tertiary/aromatic N) is 2. The Bertz CT molecular complexity index is 779. The fourth-order valence-corrected chi connectivity index (χ4v) is 4.87. The van der Waals surface area contributed by atoms with Gasteiger partial charge in [0, 0.05) is 24.1 Å². The number of nitrogens with one attached hydrogen (secondary N) is 1. The molecular weight excluding hydrogens is 583 g/mol. The van der Waals surface area contributed by atoms with E-state index in [0.29, 0.717) is 10.3 Å². The number of nitrogens with two attached hydrogens (primary N) is 1. The van der Waals surface area contributed by atoms with Crippen molar-refractivity contribution in [2.75, 3.05) is 48.4 Å². The number of likely N-dealkylation sites (tertiary alicyclic amines) is 1. The van der Waals surface area contributed by atoms with Crippen LogP contribution in [-0.4, -0.2) is 64.3 Å². The molecule has 0 aromatic heterocycles. The summed E-state index contributed by atoms with van der Waals surface area (Å²) in [4.78, 5) is 6.52.